The fourth-order valence-electron chi connectivity index (χ4n) is 0.936. The number of anilines is 2. The highest BCUT2D eigenvalue weighted by molar-refractivity contribution is 7.18. The van der Waals surface area contributed by atoms with Crippen LogP contribution in [0.4, 0.5) is 10.9 Å². The minimum absolute atomic E-state index is 0.395. The average molecular weight is 193 g/mol. The lowest BCUT2D eigenvalue weighted by molar-refractivity contribution is 1.22. The molecule has 2 aromatic rings. The highest BCUT2D eigenvalue weighted by atomic mass is 32.1. The van der Waals surface area contributed by atoms with E-state index < -0.39 is 0 Å². The van der Waals surface area contributed by atoms with Crippen LogP contribution in [0.2, 0.25) is 0 Å². The minimum Gasteiger partial charge on any atom is -0.382 e. The van der Waals surface area contributed by atoms with Crippen LogP contribution >= 0.6 is 11.3 Å². The normalized spacial score (nSPS) is 10.2. The second-order valence-corrected chi connectivity index (χ2v) is 3.42. The lowest BCUT2D eigenvalue weighted by atomic mass is 10.4. The molecule has 0 unspecified atom stereocenters. The molecular formula is C7H7N5S. The van der Waals surface area contributed by atoms with Gasteiger partial charge in [-0.1, -0.05) is 11.3 Å². The van der Waals surface area contributed by atoms with Crippen LogP contribution in [-0.2, 0) is 0 Å². The Morgan fingerprint density at radius 1 is 1.08 bits per heavy atom. The van der Waals surface area contributed by atoms with Gasteiger partial charge in [-0.05, 0) is 0 Å². The second-order valence-electron chi connectivity index (χ2n) is 2.35. The summed E-state index contributed by atoms with van der Waals surface area (Å²) in [5.74, 6) is 0.395. The molecule has 0 fully saturated rings. The number of hydrogen-bond donors (Lipinski definition) is 2. The first-order valence-corrected chi connectivity index (χ1v) is 4.37. The summed E-state index contributed by atoms with van der Waals surface area (Å²) < 4.78 is 0. The number of rotatable bonds is 1. The highest BCUT2D eigenvalue weighted by Gasteiger charge is 2.07. The molecule has 0 aliphatic carbocycles. The van der Waals surface area contributed by atoms with Crippen molar-refractivity contribution < 1.29 is 0 Å². The summed E-state index contributed by atoms with van der Waals surface area (Å²) in [6.07, 6.45) is 4.77. The van der Waals surface area contributed by atoms with E-state index in [4.69, 9.17) is 11.5 Å². The summed E-state index contributed by atoms with van der Waals surface area (Å²) in [7, 11) is 0. The molecule has 66 valence electrons. The van der Waals surface area contributed by atoms with Gasteiger partial charge in [-0.3, -0.25) is 0 Å². The van der Waals surface area contributed by atoms with E-state index in [0.717, 1.165) is 4.88 Å². The topological polar surface area (TPSA) is 90.7 Å². The minimum atomic E-state index is 0.395. The summed E-state index contributed by atoms with van der Waals surface area (Å²) in [5, 5.41) is 0.500. The molecule has 2 heterocycles. The maximum absolute atomic E-state index is 5.63. The van der Waals surface area contributed by atoms with Crippen molar-refractivity contribution >= 4 is 22.3 Å². The number of nitrogen functional groups attached to an aromatic ring is 2. The first kappa shape index (κ1) is 7.93. The number of nitrogens with two attached hydrogens (primary N) is 2. The zero-order valence-corrected chi connectivity index (χ0v) is 7.45. The van der Waals surface area contributed by atoms with Crippen molar-refractivity contribution in [2.24, 2.45) is 0 Å². The summed E-state index contributed by atoms with van der Waals surface area (Å²) >= 11 is 1.34. The van der Waals surface area contributed by atoms with Crippen LogP contribution in [-0.4, -0.2) is 15.0 Å². The molecule has 2 rings (SSSR count). The molecular weight excluding hydrogens is 186 g/mol. The standard InChI is InChI=1S/C7H7N5S/c8-6-5(10-1-2-11-6)4-3-12-7(9)13-4/h1-3H,(H2,8,11)(H2,9,12). The Labute approximate surface area is 78.5 Å². The highest BCUT2D eigenvalue weighted by Crippen LogP contribution is 2.27. The number of nitrogens with zero attached hydrogens (tertiary/aromatic N) is 3. The summed E-state index contributed by atoms with van der Waals surface area (Å²) in [6, 6.07) is 0. The molecule has 0 aromatic carbocycles. The van der Waals surface area contributed by atoms with Gasteiger partial charge in [0, 0.05) is 18.6 Å². The molecule has 0 saturated carbocycles. The van der Waals surface area contributed by atoms with E-state index in [-0.39, 0.29) is 0 Å². The fraction of sp³-hybridized carbons (Fsp3) is 0. The quantitative estimate of drug-likeness (QED) is 0.697. The van der Waals surface area contributed by atoms with E-state index in [9.17, 15) is 0 Å². The molecule has 13 heavy (non-hydrogen) atoms. The maximum atomic E-state index is 5.63. The van der Waals surface area contributed by atoms with Crippen molar-refractivity contribution in [2.45, 2.75) is 0 Å². The van der Waals surface area contributed by atoms with Gasteiger partial charge in [0.1, 0.15) is 5.69 Å². The predicted octanol–water partition coefficient (Wildman–Crippen LogP) is 0.764. The third-order valence-corrected chi connectivity index (χ3v) is 2.32. The predicted molar refractivity (Wildman–Crippen MR) is 52.0 cm³/mol. The number of thiazole rings is 1. The van der Waals surface area contributed by atoms with Gasteiger partial charge in [-0.25, -0.2) is 15.0 Å². The van der Waals surface area contributed by atoms with Gasteiger partial charge in [0.15, 0.2) is 10.9 Å². The van der Waals surface area contributed by atoms with Gasteiger partial charge < -0.3 is 11.5 Å². The molecule has 0 aliphatic rings. The van der Waals surface area contributed by atoms with Crippen LogP contribution in [0.25, 0.3) is 10.6 Å². The number of hydrogen-bond acceptors (Lipinski definition) is 6. The molecule has 0 bridgehead atoms. The molecule has 6 heteroatoms. The molecule has 5 nitrogen and oxygen atoms in total. The zero-order valence-electron chi connectivity index (χ0n) is 6.64. The van der Waals surface area contributed by atoms with E-state index in [1.807, 2.05) is 0 Å². The summed E-state index contributed by atoms with van der Waals surface area (Å²) in [6.45, 7) is 0. The van der Waals surface area contributed by atoms with E-state index in [1.165, 1.54) is 11.3 Å². The Morgan fingerprint density at radius 2 is 1.85 bits per heavy atom. The van der Waals surface area contributed by atoms with E-state index in [0.29, 0.717) is 16.6 Å². The monoisotopic (exact) mass is 193 g/mol. The summed E-state index contributed by atoms with van der Waals surface area (Å²) in [4.78, 5) is 12.8. The smallest absolute Gasteiger partial charge is 0.180 e. The van der Waals surface area contributed by atoms with Gasteiger partial charge in [0.2, 0.25) is 0 Å². The first-order valence-electron chi connectivity index (χ1n) is 3.55. The van der Waals surface area contributed by atoms with Crippen LogP contribution in [0.3, 0.4) is 0 Å². The average Bonchev–Trinajstić information content (AvgIpc) is 2.53. The molecule has 0 amide bonds. The van der Waals surface area contributed by atoms with Gasteiger partial charge in [0.25, 0.3) is 0 Å². The van der Waals surface area contributed by atoms with Gasteiger partial charge in [0.05, 0.1) is 4.88 Å². The first-order chi connectivity index (χ1) is 6.27. The molecule has 4 N–H and O–H groups in total. The molecule has 0 spiro atoms. The Hall–Kier alpha value is -1.69. The Morgan fingerprint density at radius 3 is 2.46 bits per heavy atom. The van der Waals surface area contributed by atoms with E-state index >= 15 is 0 Å². The van der Waals surface area contributed by atoms with E-state index in [1.54, 1.807) is 18.6 Å². The van der Waals surface area contributed by atoms with Crippen LogP contribution in [0, 0.1) is 0 Å². The zero-order chi connectivity index (χ0) is 9.26. The van der Waals surface area contributed by atoms with Gasteiger partial charge >= 0.3 is 0 Å². The largest absolute Gasteiger partial charge is 0.382 e. The fourth-order valence-corrected chi connectivity index (χ4v) is 1.63. The molecule has 0 saturated heterocycles. The second kappa shape index (κ2) is 2.98. The van der Waals surface area contributed by atoms with Crippen molar-refractivity contribution in [1.29, 1.82) is 0 Å². The lowest BCUT2D eigenvalue weighted by Crippen LogP contribution is -1.94. The maximum Gasteiger partial charge on any atom is 0.180 e. The molecule has 0 atom stereocenters. The van der Waals surface area contributed by atoms with Crippen LogP contribution in [0.1, 0.15) is 0 Å². The molecule has 0 radical (unpaired) electrons. The Bertz CT molecular complexity index is 424. The van der Waals surface area contributed by atoms with Gasteiger partial charge in [-0.2, -0.15) is 0 Å². The van der Waals surface area contributed by atoms with Crippen LogP contribution < -0.4 is 11.5 Å². The number of aromatic nitrogens is 3. The lowest BCUT2D eigenvalue weighted by Gasteiger charge is -1.97. The van der Waals surface area contributed by atoms with Crippen LogP contribution in [0.5, 0.6) is 0 Å². The third-order valence-electron chi connectivity index (χ3n) is 1.48. The van der Waals surface area contributed by atoms with Gasteiger partial charge in [-0.15, -0.1) is 0 Å². The summed E-state index contributed by atoms with van der Waals surface area (Å²) in [5.41, 5.74) is 11.7. The Kier molecular flexibility index (Phi) is 1.82. The Balaban J connectivity index is 2.52. The molecule has 0 aliphatic heterocycles. The molecule has 2 aromatic heterocycles. The van der Waals surface area contributed by atoms with Crippen molar-refractivity contribution in [1.82, 2.24) is 15.0 Å². The van der Waals surface area contributed by atoms with Crippen molar-refractivity contribution in [3.8, 4) is 10.6 Å². The SMILES string of the molecule is Nc1ncc(-c2nccnc2N)s1. The van der Waals surface area contributed by atoms with E-state index in [2.05, 4.69) is 15.0 Å². The van der Waals surface area contributed by atoms with Crippen molar-refractivity contribution in [3.05, 3.63) is 18.6 Å². The van der Waals surface area contributed by atoms with Crippen molar-refractivity contribution in [3.63, 3.8) is 0 Å². The van der Waals surface area contributed by atoms with Crippen LogP contribution in [0.15, 0.2) is 18.6 Å². The van der Waals surface area contributed by atoms with Crippen molar-refractivity contribution in [2.75, 3.05) is 11.5 Å². The third kappa shape index (κ3) is 1.43.